The second kappa shape index (κ2) is 5.52. The van der Waals surface area contributed by atoms with Crippen LogP contribution in [-0.2, 0) is 19.1 Å². The molecule has 0 aliphatic heterocycles. The molecule has 0 spiro atoms. The molecule has 0 N–H and O–H groups in total. The van der Waals surface area contributed by atoms with Crippen LogP contribution in [0.1, 0.15) is 27.7 Å². The summed E-state index contributed by atoms with van der Waals surface area (Å²) >= 11 is 0. The van der Waals surface area contributed by atoms with Crippen molar-refractivity contribution in [1.82, 2.24) is 0 Å². The zero-order valence-corrected chi connectivity index (χ0v) is 8.99. The second-order valence-electron chi connectivity index (χ2n) is 3.24. The van der Waals surface area contributed by atoms with Gasteiger partial charge in [0.15, 0.2) is 0 Å². The quantitative estimate of drug-likeness (QED) is 0.490. The molecule has 0 amide bonds. The molecule has 0 bridgehead atoms. The van der Waals surface area contributed by atoms with Gasteiger partial charge in [-0.15, -0.1) is 0 Å². The molecule has 80 valence electrons. The monoisotopic (exact) mass is 200 g/mol. The molecule has 0 aromatic rings. The van der Waals surface area contributed by atoms with Gasteiger partial charge < -0.3 is 4.74 Å². The van der Waals surface area contributed by atoms with Crippen LogP contribution in [0.2, 0.25) is 0 Å². The van der Waals surface area contributed by atoms with Crippen molar-refractivity contribution < 1.29 is 19.1 Å². The van der Waals surface area contributed by atoms with E-state index in [1.165, 1.54) is 13.8 Å². The smallest absolute Gasteiger partial charge is 0.317 e. The number of hydrogen-bond acceptors (Lipinski definition) is 4. The molecule has 0 aromatic carbocycles. The molecule has 0 radical (unpaired) electrons. The number of ether oxygens (including phenoxy) is 1. The van der Waals surface area contributed by atoms with Crippen molar-refractivity contribution in [3.05, 3.63) is 0 Å². The van der Waals surface area contributed by atoms with Gasteiger partial charge in [-0.2, -0.15) is 0 Å². The lowest BCUT2D eigenvalue weighted by molar-refractivity contribution is -0.155. The zero-order valence-electron chi connectivity index (χ0n) is 8.99. The molecule has 0 fully saturated rings. The molecule has 2 atom stereocenters. The predicted octanol–water partition coefficient (Wildman–Crippen LogP) is 0.980. The lowest BCUT2D eigenvalue weighted by Crippen LogP contribution is -2.33. The molecule has 4 heteroatoms. The molecule has 0 saturated carbocycles. The zero-order chi connectivity index (χ0) is 11.3. The van der Waals surface area contributed by atoms with E-state index in [4.69, 9.17) is 4.74 Å². The molecular formula is C10H16O4. The van der Waals surface area contributed by atoms with Crippen molar-refractivity contribution in [2.45, 2.75) is 27.7 Å². The van der Waals surface area contributed by atoms with Crippen molar-refractivity contribution in [1.29, 1.82) is 0 Å². The molecule has 0 aliphatic rings. The van der Waals surface area contributed by atoms with E-state index < -0.39 is 17.8 Å². The van der Waals surface area contributed by atoms with Gasteiger partial charge in [-0.3, -0.25) is 14.4 Å². The number of carbonyl (C=O) groups is 3. The van der Waals surface area contributed by atoms with Crippen molar-refractivity contribution in [2.24, 2.45) is 11.8 Å². The van der Waals surface area contributed by atoms with Crippen LogP contribution in [0.15, 0.2) is 0 Å². The minimum absolute atomic E-state index is 0.182. The standard InChI is InChI=1S/C10H16O4/c1-5-14-10(13)9(8(4)12)6(2)7(3)11/h6,9H,5H2,1-4H3/t6-,9-/m0/s1. The number of hydrogen-bond donors (Lipinski definition) is 0. The second-order valence-corrected chi connectivity index (χ2v) is 3.24. The summed E-state index contributed by atoms with van der Waals surface area (Å²) in [6.45, 7) is 6.09. The van der Waals surface area contributed by atoms with Crippen molar-refractivity contribution >= 4 is 17.5 Å². The van der Waals surface area contributed by atoms with E-state index in [0.717, 1.165) is 0 Å². The fourth-order valence-corrected chi connectivity index (χ4v) is 1.19. The van der Waals surface area contributed by atoms with E-state index in [2.05, 4.69) is 0 Å². The van der Waals surface area contributed by atoms with Crippen molar-refractivity contribution in [3.63, 3.8) is 0 Å². The molecule has 0 aromatic heterocycles. The Labute approximate surface area is 83.6 Å². The van der Waals surface area contributed by atoms with Crippen LogP contribution in [0.25, 0.3) is 0 Å². The van der Waals surface area contributed by atoms with Crippen LogP contribution in [0, 0.1) is 11.8 Å². The number of esters is 1. The summed E-state index contributed by atoms with van der Waals surface area (Å²) in [5.41, 5.74) is 0. The van der Waals surface area contributed by atoms with Crippen LogP contribution < -0.4 is 0 Å². The summed E-state index contributed by atoms with van der Waals surface area (Å²) in [6.07, 6.45) is 0. The summed E-state index contributed by atoms with van der Waals surface area (Å²) in [6, 6.07) is 0. The van der Waals surface area contributed by atoms with Crippen LogP contribution in [0.3, 0.4) is 0 Å². The maximum absolute atomic E-state index is 11.3. The topological polar surface area (TPSA) is 60.4 Å². The fraction of sp³-hybridized carbons (Fsp3) is 0.700. The maximum Gasteiger partial charge on any atom is 0.317 e. The molecular weight excluding hydrogens is 184 g/mol. The Kier molecular flexibility index (Phi) is 5.05. The van der Waals surface area contributed by atoms with Crippen LogP contribution in [0.4, 0.5) is 0 Å². The number of rotatable bonds is 5. The Bertz CT molecular complexity index is 245. The van der Waals surface area contributed by atoms with E-state index in [1.807, 2.05) is 0 Å². The first kappa shape index (κ1) is 12.8. The first-order valence-corrected chi connectivity index (χ1v) is 4.59. The molecule has 14 heavy (non-hydrogen) atoms. The number of carbonyl (C=O) groups excluding carboxylic acids is 3. The number of ketones is 2. The van der Waals surface area contributed by atoms with E-state index in [0.29, 0.717) is 0 Å². The minimum Gasteiger partial charge on any atom is -0.465 e. The summed E-state index contributed by atoms with van der Waals surface area (Å²) in [5, 5.41) is 0. The van der Waals surface area contributed by atoms with Crippen molar-refractivity contribution in [3.8, 4) is 0 Å². The van der Waals surface area contributed by atoms with Gasteiger partial charge >= 0.3 is 5.97 Å². The van der Waals surface area contributed by atoms with E-state index in [1.54, 1.807) is 13.8 Å². The molecule has 0 unspecified atom stereocenters. The first-order valence-electron chi connectivity index (χ1n) is 4.59. The fourth-order valence-electron chi connectivity index (χ4n) is 1.19. The maximum atomic E-state index is 11.3. The SMILES string of the molecule is CCOC(=O)[C@H](C(C)=O)[C@@H](C)C(C)=O. The molecule has 0 aliphatic carbocycles. The van der Waals surface area contributed by atoms with E-state index in [-0.39, 0.29) is 18.2 Å². The van der Waals surface area contributed by atoms with Gasteiger partial charge in [0.1, 0.15) is 17.5 Å². The third-order valence-electron chi connectivity index (χ3n) is 2.12. The Morgan fingerprint density at radius 2 is 1.64 bits per heavy atom. The number of Topliss-reactive ketones (excluding diaryl/α,β-unsaturated/α-hetero) is 2. The van der Waals surface area contributed by atoms with Gasteiger partial charge in [0.2, 0.25) is 0 Å². The van der Waals surface area contributed by atoms with Gasteiger partial charge in [0, 0.05) is 5.92 Å². The normalized spacial score (nSPS) is 14.3. The first-order chi connectivity index (χ1) is 6.41. The highest BCUT2D eigenvalue weighted by atomic mass is 16.5. The summed E-state index contributed by atoms with van der Waals surface area (Å²) in [4.78, 5) is 33.5. The lowest BCUT2D eigenvalue weighted by atomic mass is 9.88. The molecule has 4 nitrogen and oxygen atoms in total. The predicted molar refractivity (Wildman–Crippen MR) is 50.6 cm³/mol. The molecule has 0 saturated heterocycles. The summed E-state index contributed by atoms with van der Waals surface area (Å²) in [7, 11) is 0. The van der Waals surface area contributed by atoms with Crippen LogP contribution in [0.5, 0.6) is 0 Å². The van der Waals surface area contributed by atoms with Gasteiger partial charge in [-0.1, -0.05) is 6.92 Å². The average molecular weight is 200 g/mol. The Morgan fingerprint density at radius 1 is 1.14 bits per heavy atom. The summed E-state index contributed by atoms with van der Waals surface area (Å²) in [5.74, 6) is -2.67. The third kappa shape index (κ3) is 3.28. The largest absolute Gasteiger partial charge is 0.465 e. The van der Waals surface area contributed by atoms with Crippen LogP contribution >= 0.6 is 0 Å². The highest BCUT2D eigenvalue weighted by Gasteiger charge is 2.33. The summed E-state index contributed by atoms with van der Waals surface area (Å²) < 4.78 is 4.72. The van der Waals surface area contributed by atoms with E-state index >= 15 is 0 Å². The lowest BCUT2D eigenvalue weighted by Gasteiger charge is -2.17. The van der Waals surface area contributed by atoms with Gasteiger partial charge in [-0.25, -0.2) is 0 Å². The van der Waals surface area contributed by atoms with Crippen LogP contribution in [-0.4, -0.2) is 24.1 Å². The van der Waals surface area contributed by atoms with Crippen molar-refractivity contribution in [2.75, 3.05) is 6.61 Å². The van der Waals surface area contributed by atoms with Gasteiger partial charge in [-0.05, 0) is 20.8 Å². The highest BCUT2D eigenvalue weighted by Crippen LogP contribution is 2.15. The average Bonchev–Trinajstić information content (AvgIpc) is 2.03. The van der Waals surface area contributed by atoms with Gasteiger partial charge in [0.25, 0.3) is 0 Å². The minimum atomic E-state index is -0.951. The van der Waals surface area contributed by atoms with Gasteiger partial charge in [0.05, 0.1) is 6.61 Å². The Hall–Kier alpha value is -1.19. The Morgan fingerprint density at radius 3 is 1.93 bits per heavy atom. The Balaban J connectivity index is 4.68. The molecule has 0 heterocycles. The van der Waals surface area contributed by atoms with E-state index in [9.17, 15) is 14.4 Å². The molecule has 0 rings (SSSR count). The highest BCUT2D eigenvalue weighted by molar-refractivity contribution is 6.02. The third-order valence-corrected chi connectivity index (χ3v) is 2.12.